The molecule has 17 heavy (non-hydrogen) atoms. The molecule has 5 nitrogen and oxygen atoms in total. The second-order valence-electron chi connectivity index (χ2n) is 4.38. The van der Waals surface area contributed by atoms with Gasteiger partial charge in [0.05, 0.1) is 5.54 Å². The third-order valence-corrected chi connectivity index (χ3v) is 4.25. The van der Waals surface area contributed by atoms with Crippen LogP contribution in [-0.4, -0.2) is 48.7 Å². The molecule has 1 amide bonds. The highest BCUT2D eigenvalue weighted by atomic mass is 32.2. The molecule has 0 aromatic rings. The monoisotopic (exact) mass is 257 g/mol. The number of aliphatic imine (C=N–C) groups is 1. The quantitative estimate of drug-likeness (QED) is 0.766. The number of carbonyl (C=O) groups excluding carboxylic acids is 1. The number of nitrogens with zero attached hydrogens (tertiary/aromatic N) is 1. The zero-order chi connectivity index (χ0) is 12.1. The summed E-state index contributed by atoms with van der Waals surface area (Å²) in [4.78, 5) is 15.6. The van der Waals surface area contributed by atoms with Gasteiger partial charge in [0, 0.05) is 25.5 Å². The molecular formula is C11H19N3O2S. The van der Waals surface area contributed by atoms with Gasteiger partial charge in [-0.25, -0.2) is 0 Å². The Hall–Kier alpha value is -0.750. The maximum Gasteiger partial charge on any atom is 0.241 e. The Bertz CT molecular complexity index is 314. The van der Waals surface area contributed by atoms with Crippen molar-refractivity contribution in [1.29, 1.82) is 0 Å². The molecule has 2 heterocycles. The molecule has 0 aromatic heterocycles. The molecule has 2 aliphatic heterocycles. The number of likely N-dealkylation sites (N-methyl/N-ethyl adjacent to an activating group) is 1. The Kier molecular flexibility index (Phi) is 4.28. The molecule has 2 saturated heterocycles. The predicted molar refractivity (Wildman–Crippen MR) is 69.4 cm³/mol. The van der Waals surface area contributed by atoms with Gasteiger partial charge in [-0.1, -0.05) is 11.8 Å². The van der Waals surface area contributed by atoms with Crippen molar-refractivity contribution in [2.24, 2.45) is 4.99 Å². The van der Waals surface area contributed by atoms with Gasteiger partial charge in [0.2, 0.25) is 5.91 Å². The topological polar surface area (TPSA) is 62.7 Å². The maximum atomic E-state index is 11.3. The summed E-state index contributed by atoms with van der Waals surface area (Å²) in [5.74, 6) is 1.01. The summed E-state index contributed by atoms with van der Waals surface area (Å²) >= 11 is 1.71. The van der Waals surface area contributed by atoms with E-state index in [4.69, 9.17) is 4.74 Å². The van der Waals surface area contributed by atoms with Crippen LogP contribution in [0.2, 0.25) is 0 Å². The van der Waals surface area contributed by atoms with Gasteiger partial charge in [0.15, 0.2) is 5.17 Å². The molecule has 2 fully saturated rings. The van der Waals surface area contributed by atoms with Crippen LogP contribution in [0.5, 0.6) is 0 Å². The highest BCUT2D eigenvalue weighted by molar-refractivity contribution is 8.14. The zero-order valence-electron chi connectivity index (χ0n) is 10.1. The normalized spacial score (nSPS) is 24.9. The van der Waals surface area contributed by atoms with Crippen LogP contribution in [0.1, 0.15) is 19.8 Å². The first-order valence-corrected chi connectivity index (χ1v) is 7.02. The second-order valence-corrected chi connectivity index (χ2v) is 5.35. The first-order valence-electron chi connectivity index (χ1n) is 6.04. The molecule has 0 aromatic carbocycles. The summed E-state index contributed by atoms with van der Waals surface area (Å²) in [6, 6.07) is 0. The first kappa shape index (κ1) is 12.7. The lowest BCUT2D eigenvalue weighted by molar-refractivity contribution is -0.119. The van der Waals surface area contributed by atoms with E-state index < -0.39 is 0 Å². The van der Waals surface area contributed by atoms with Crippen molar-refractivity contribution < 1.29 is 9.53 Å². The van der Waals surface area contributed by atoms with Crippen molar-refractivity contribution in [3.05, 3.63) is 0 Å². The smallest absolute Gasteiger partial charge is 0.241 e. The van der Waals surface area contributed by atoms with Crippen LogP contribution in [0, 0.1) is 0 Å². The highest BCUT2D eigenvalue weighted by Crippen LogP contribution is 2.31. The fourth-order valence-electron chi connectivity index (χ4n) is 2.02. The Morgan fingerprint density at radius 2 is 2.35 bits per heavy atom. The summed E-state index contributed by atoms with van der Waals surface area (Å²) in [5, 5.41) is 7.10. The number of thioether (sulfide) groups is 1. The number of amides is 1. The van der Waals surface area contributed by atoms with Crippen LogP contribution in [0.4, 0.5) is 0 Å². The molecule has 0 radical (unpaired) electrons. The lowest BCUT2D eigenvalue weighted by Crippen LogP contribution is -2.48. The van der Waals surface area contributed by atoms with E-state index in [0.29, 0.717) is 6.54 Å². The SMILES string of the molecule is CCNC(=O)CN=C1NC2(CCOCC2)CS1. The lowest BCUT2D eigenvalue weighted by atomic mass is 9.93. The summed E-state index contributed by atoms with van der Waals surface area (Å²) in [5.41, 5.74) is 0.156. The van der Waals surface area contributed by atoms with Crippen LogP contribution in [0.25, 0.3) is 0 Å². The number of rotatable bonds is 3. The largest absolute Gasteiger partial charge is 0.381 e. The molecule has 6 heteroatoms. The summed E-state index contributed by atoms with van der Waals surface area (Å²) in [7, 11) is 0. The molecule has 2 aliphatic rings. The van der Waals surface area contributed by atoms with Crippen molar-refractivity contribution in [1.82, 2.24) is 10.6 Å². The zero-order valence-corrected chi connectivity index (χ0v) is 10.9. The standard InChI is InChI=1S/C11H19N3O2S/c1-2-12-9(15)7-13-10-14-11(8-17-10)3-5-16-6-4-11/h2-8H2,1H3,(H,12,15)(H,13,14). The molecule has 96 valence electrons. The van der Waals surface area contributed by atoms with E-state index in [9.17, 15) is 4.79 Å². The summed E-state index contributed by atoms with van der Waals surface area (Å²) in [6.45, 7) is 4.42. The average molecular weight is 257 g/mol. The van der Waals surface area contributed by atoms with Gasteiger partial charge in [-0.2, -0.15) is 0 Å². The maximum absolute atomic E-state index is 11.3. The van der Waals surface area contributed by atoms with Crippen molar-refractivity contribution in [3.63, 3.8) is 0 Å². The van der Waals surface area contributed by atoms with Crippen molar-refractivity contribution in [2.45, 2.75) is 25.3 Å². The van der Waals surface area contributed by atoms with Crippen LogP contribution in [-0.2, 0) is 9.53 Å². The number of nitrogens with one attached hydrogen (secondary N) is 2. The second kappa shape index (κ2) is 5.73. The van der Waals surface area contributed by atoms with Crippen molar-refractivity contribution in [2.75, 3.05) is 32.1 Å². The minimum Gasteiger partial charge on any atom is -0.381 e. The number of carbonyl (C=O) groups is 1. The third-order valence-electron chi connectivity index (χ3n) is 3.05. The molecule has 1 spiro atoms. The van der Waals surface area contributed by atoms with Gasteiger partial charge in [-0.3, -0.25) is 9.79 Å². The van der Waals surface area contributed by atoms with Gasteiger partial charge >= 0.3 is 0 Å². The van der Waals surface area contributed by atoms with E-state index >= 15 is 0 Å². The minimum atomic E-state index is -0.0182. The molecule has 0 saturated carbocycles. The van der Waals surface area contributed by atoms with E-state index in [1.165, 1.54) is 0 Å². The van der Waals surface area contributed by atoms with E-state index in [-0.39, 0.29) is 18.0 Å². The van der Waals surface area contributed by atoms with Gasteiger partial charge < -0.3 is 15.4 Å². The summed E-state index contributed by atoms with van der Waals surface area (Å²) in [6.07, 6.45) is 2.06. The van der Waals surface area contributed by atoms with Crippen molar-refractivity contribution >= 4 is 22.8 Å². The van der Waals surface area contributed by atoms with Crippen molar-refractivity contribution in [3.8, 4) is 0 Å². The average Bonchev–Trinajstić information content (AvgIpc) is 2.71. The Morgan fingerprint density at radius 1 is 1.59 bits per heavy atom. The number of hydrogen-bond acceptors (Lipinski definition) is 4. The fourth-order valence-corrected chi connectivity index (χ4v) is 3.24. The third kappa shape index (κ3) is 3.35. The van der Waals surface area contributed by atoms with Crippen LogP contribution in [0.3, 0.4) is 0 Å². The minimum absolute atomic E-state index is 0.0182. The van der Waals surface area contributed by atoms with Gasteiger partial charge in [-0.05, 0) is 19.8 Å². The van der Waals surface area contributed by atoms with E-state index in [0.717, 1.165) is 37.0 Å². The predicted octanol–water partition coefficient (Wildman–Crippen LogP) is 0.364. The Morgan fingerprint density at radius 3 is 3.06 bits per heavy atom. The van der Waals surface area contributed by atoms with Crippen LogP contribution < -0.4 is 10.6 Å². The first-order chi connectivity index (χ1) is 8.24. The number of amidine groups is 1. The number of ether oxygens (including phenoxy) is 1. The molecule has 2 rings (SSSR count). The van der Waals surface area contributed by atoms with E-state index in [2.05, 4.69) is 15.6 Å². The van der Waals surface area contributed by atoms with Gasteiger partial charge in [0.25, 0.3) is 0 Å². The fraction of sp³-hybridized carbons (Fsp3) is 0.818. The van der Waals surface area contributed by atoms with Crippen LogP contribution in [0.15, 0.2) is 4.99 Å². The molecule has 0 bridgehead atoms. The lowest BCUT2D eigenvalue weighted by Gasteiger charge is -2.32. The molecule has 0 unspecified atom stereocenters. The van der Waals surface area contributed by atoms with Crippen LogP contribution >= 0.6 is 11.8 Å². The molecule has 0 aliphatic carbocycles. The Balaban J connectivity index is 1.84. The Labute approximate surface area is 106 Å². The highest BCUT2D eigenvalue weighted by Gasteiger charge is 2.38. The van der Waals surface area contributed by atoms with Gasteiger partial charge in [0.1, 0.15) is 6.54 Å². The van der Waals surface area contributed by atoms with E-state index in [1.807, 2.05) is 6.92 Å². The number of hydrogen-bond donors (Lipinski definition) is 2. The van der Waals surface area contributed by atoms with Gasteiger partial charge in [-0.15, -0.1) is 0 Å². The van der Waals surface area contributed by atoms with E-state index in [1.54, 1.807) is 11.8 Å². The molecular weight excluding hydrogens is 238 g/mol. The molecule has 2 N–H and O–H groups in total. The summed E-state index contributed by atoms with van der Waals surface area (Å²) < 4.78 is 5.37. The molecule has 0 atom stereocenters.